The lowest BCUT2D eigenvalue weighted by molar-refractivity contribution is 0.0845. The molecule has 3 nitrogen and oxygen atoms in total. The van der Waals surface area contributed by atoms with Gasteiger partial charge >= 0.3 is 6.16 Å². The summed E-state index contributed by atoms with van der Waals surface area (Å²) in [6.07, 6.45) is 4.47. The summed E-state index contributed by atoms with van der Waals surface area (Å²) < 4.78 is 4.30. The molecule has 0 unspecified atom stereocenters. The fourth-order valence-electron chi connectivity index (χ4n) is 0.466. The van der Waals surface area contributed by atoms with Crippen LogP contribution in [0.5, 0.6) is 0 Å². The maximum Gasteiger partial charge on any atom is 0.505 e. The van der Waals surface area contributed by atoms with E-state index in [9.17, 15) is 4.79 Å². The second-order valence-electron chi connectivity index (χ2n) is 2.89. The molecule has 0 saturated heterocycles. The SMILES string of the molecule is C#CC(C)(C)CCOC(=O)O. The summed E-state index contributed by atoms with van der Waals surface area (Å²) in [6, 6.07) is 0. The molecule has 0 fully saturated rings. The first-order valence-corrected chi connectivity index (χ1v) is 3.31. The Balaban J connectivity index is 3.56. The van der Waals surface area contributed by atoms with Gasteiger partial charge in [-0.25, -0.2) is 4.79 Å². The normalized spacial score (nSPS) is 10.3. The van der Waals surface area contributed by atoms with E-state index in [1.165, 1.54) is 0 Å². The van der Waals surface area contributed by atoms with E-state index in [2.05, 4.69) is 10.7 Å². The van der Waals surface area contributed by atoms with Crippen LogP contribution in [-0.4, -0.2) is 17.9 Å². The predicted octanol–water partition coefficient (Wildman–Crippen LogP) is 1.73. The lowest BCUT2D eigenvalue weighted by atomic mass is 9.91. The van der Waals surface area contributed by atoms with Crippen LogP contribution in [0.15, 0.2) is 0 Å². The van der Waals surface area contributed by atoms with Crippen molar-refractivity contribution in [3.8, 4) is 12.3 Å². The molecule has 0 amide bonds. The molecular weight excluding hydrogens is 144 g/mol. The van der Waals surface area contributed by atoms with Crippen LogP contribution in [0.1, 0.15) is 20.3 Å². The van der Waals surface area contributed by atoms with Gasteiger partial charge in [-0.15, -0.1) is 12.3 Å². The predicted molar refractivity (Wildman–Crippen MR) is 41.2 cm³/mol. The van der Waals surface area contributed by atoms with Crippen molar-refractivity contribution >= 4 is 6.16 Å². The third-order valence-electron chi connectivity index (χ3n) is 1.34. The molecule has 0 aliphatic carbocycles. The van der Waals surface area contributed by atoms with Crippen LogP contribution in [0, 0.1) is 17.8 Å². The molecule has 0 spiro atoms. The summed E-state index contributed by atoms with van der Waals surface area (Å²) in [7, 11) is 0. The second kappa shape index (κ2) is 3.87. The van der Waals surface area contributed by atoms with Crippen molar-refractivity contribution in [2.24, 2.45) is 5.41 Å². The van der Waals surface area contributed by atoms with Crippen molar-refractivity contribution in [2.75, 3.05) is 6.61 Å². The number of hydrogen-bond acceptors (Lipinski definition) is 2. The smallest absolute Gasteiger partial charge is 0.450 e. The highest BCUT2D eigenvalue weighted by molar-refractivity contribution is 5.56. The van der Waals surface area contributed by atoms with E-state index in [1.807, 2.05) is 13.8 Å². The lowest BCUT2D eigenvalue weighted by Gasteiger charge is -2.15. The van der Waals surface area contributed by atoms with Gasteiger partial charge in [-0.1, -0.05) is 0 Å². The number of rotatable bonds is 3. The first kappa shape index (κ1) is 9.83. The molecule has 11 heavy (non-hydrogen) atoms. The van der Waals surface area contributed by atoms with E-state index in [4.69, 9.17) is 11.5 Å². The molecule has 0 bridgehead atoms. The van der Waals surface area contributed by atoms with E-state index >= 15 is 0 Å². The van der Waals surface area contributed by atoms with E-state index < -0.39 is 6.16 Å². The summed E-state index contributed by atoms with van der Waals surface area (Å²) in [5.41, 5.74) is -0.282. The number of carbonyl (C=O) groups is 1. The minimum atomic E-state index is -1.25. The van der Waals surface area contributed by atoms with Crippen molar-refractivity contribution in [3.63, 3.8) is 0 Å². The van der Waals surface area contributed by atoms with Crippen molar-refractivity contribution < 1.29 is 14.6 Å². The van der Waals surface area contributed by atoms with Gasteiger partial charge in [-0.3, -0.25) is 0 Å². The number of carboxylic acid groups (broad SMARTS) is 1. The summed E-state index contributed by atoms with van der Waals surface area (Å²) in [6.45, 7) is 3.88. The summed E-state index contributed by atoms with van der Waals surface area (Å²) in [5, 5.41) is 8.11. The highest BCUT2D eigenvalue weighted by Gasteiger charge is 2.14. The molecule has 0 saturated carbocycles. The number of hydrogen-bond donors (Lipinski definition) is 1. The fraction of sp³-hybridized carbons (Fsp3) is 0.625. The molecular formula is C8H12O3. The zero-order valence-electron chi connectivity index (χ0n) is 6.76. The van der Waals surface area contributed by atoms with Crippen LogP contribution < -0.4 is 0 Å². The van der Waals surface area contributed by atoms with Crippen LogP contribution in [0.4, 0.5) is 4.79 Å². The van der Waals surface area contributed by atoms with Crippen LogP contribution >= 0.6 is 0 Å². The van der Waals surface area contributed by atoms with Gasteiger partial charge in [0, 0.05) is 5.41 Å². The molecule has 0 radical (unpaired) electrons. The molecule has 0 aromatic rings. The Morgan fingerprint density at radius 3 is 2.64 bits per heavy atom. The van der Waals surface area contributed by atoms with E-state index in [-0.39, 0.29) is 12.0 Å². The third-order valence-corrected chi connectivity index (χ3v) is 1.34. The van der Waals surface area contributed by atoms with Crippen molar-refractivity contribution in [3.05, 3.63) is 0 Å². The largest absolute Gasteiger partial charge is 0.505 e. The van der Waals surface area contributed by atoms with Gasteiger partial charge in [-0.2, -0.15) is 0 Å². The highest BCUT2D eigenvalue weighted by atomic mass is 16.7. The Morgan fingerprint density at radius 2 is 2.27 bits per heavy atom. The first-order chi connectivity index (χ1) is 4.98. The van der Waals surface area contributed by atoms with Crippen LogP contribution in [0.25, 0.3) is 0 Å². The van der Waals surface area contributed by atoms with Gasteiger partial charge in [-0.05, 0) is 20.3 Å². The van der Waals surface area contributed by atoms with Crippen LogP contribution in [0.3, 0.4) is 0 Å². The van der Waals surface area contributed by atoms with Crippen molar-refractivity contribution in [2.45, 2.75) is 20.3 Å². The van der Waals surface area contributed by atoms with E-state index in [1.54, 1.807) is 0 Å². The minimum absolute atomic E-state index is 0.159. The molecule has 0 aliphatic heterocycles. The molecule has 0 heterocycles. The van der Waals surface area contributed by atoms with Crippen LogP contribution in [-0.2, 0) is 4.74 Å². The van der Waals surface area contributed by atoms with Gasteiger partial charge in [0.05, 0.1) is 6.61 Å². The molecule has 0 aromatic carbocycles. The summed E-state index contributed by atoms with van der Waals surface area (Å²) >= 11 is 0. The lowest BCUT2D eigenvalue weighted by Crippen LogP contribution is -2.13. The molecule has 0 rings (SSSR count). The zero-order chi connectivity index (χ0) is 8.91. The monoisotopic (exact) mass is 156 g/mol. The topological polar surface area (TPSA) is 46.5 Å². The third kappa shape index (κ3) is 5.28. The second-order valence-corrected chi connectivity index (χ2v) is 2.89. The summed E-state index contributed by atoms with van der Waals surface area (Å²) in [4.78, 5) is 9.90. The Labute approximate surface area is 66.4 Å². The quantitative estimate of drug-likeness (QED) is 0.500. The average Bonchev–Trinajstić information content (AvgIpc) is 1.87. The number of terminal acetylenes is 1. The average molecular weight is 156 g/mol. The number of ether oxygens (including phenoxy) is 1. The van der Waals surface area contributed by atoms with Gasteiger partial charge < -0.3 is 9.84 Å². The maximum atomic E-state index is 9.90. The Morgan fingerprint density at radius 1 is 1.73 bits per heavy atom. The fourth-order valence-corrected chi connectivity index (χ4v) is 0.466. The Kier molecular flexibility index (Phi) is 3.46. The molecule has 62 valence electrons. The molecule has 0 aromatic heterocycles. The summed E-state index contributed by atoms with van der Waals surface area (Å²) in [5.74, 6) is 2.54. The van der Waals surface area contributed by atoms with Crippen molar-refractivity contribution in [1.29, 1.82) is 0 Å². The standard InChI is InChI=1S/C8H12O3/c1-4-8(2,3)5-6-11-7(9)10/h1H,5-6H2,2-3H3,(H,9,10). The van der Waals surface area contributed by atoms with Gasteiger partial charge in [0.15, 0.2) is 0 Å². The molecule has 0 atom stereocenters. The van der Waals surface area contributed by atoms with Gasteiger partial charge in [0.2, 0.25) is 0 Å². The first-order valence-electron chi connectivity index (χ1n) is 3.31. The Bertz CT molecular complexity index is 176. The molecule has 1 N–H and O–H groups in total. The van der Waals surface area contributed by atoms with Gasteiger partial charge in [0.25, 0.3) is 0 Å². The molecule has 3 heteroatoms. The van der Waals surface area contributed by atoms with Gasteiger partial charge in [0.1, 0.15) is 0 Å². The van der Waals surface area contributed by atoms with Crippen LogP contribution in [0.2, 0.25) is 0 Å². The highest BCUT2D eigenvalue weighted by Crippen LogP contribution is 2.17. The van der Waals surface area contributed by atoms with Crippen molar-refractivity contribution in [1.82, 2.24) is 0 Å². The maximum absolute atomic E-state index is 9.90. The zero-order valence-corrected chi connectivity index (χ0v) is 6.76. The Hall–Kier alpha value is -1.17. The molecule has 0 aliphatic rings. The van der Waals surface area contributed by atoms with E-state index in [0.717, 1.165) is 0 Å². The minimum Gasteiger partial charge on any atom is -0.450 e. The van der Waals surface area contributed by atoms with E-state index in [0.29, 0.717) is 6.42 Å².